The van der Waals surface area contributed by atoms with Crippen LogP contribution < -0.4 is 9.47 Å². The summed E-state index contributed by atoms with van der Waals surface area (Å²) >= 11 is 0. The highest BCUT2D eigenvalue weighted by Crippen LogP contribution is 2.60. The molecule has 3 nitrogen and oxygen atoms in total. The first-order chi connectivity index (χ1) is 28.4. The molecule has 0 fully saturated rings. The van der Waals surface area contributed by atoms with Crippen molar-refractivity contribution in [2.45, 2.75) is 30.3 Å². The van der Waals surface area contributed by atoms with E-state index in [1.54, 1.807) is 7.11 Å². The number of benzene rings is 8. The van der Waals surface area contributed by atoms with Gasteiger partial charge in [-0.05, 0) is 85.3 Å². The summed E-state index contributed by atoms with van der Waals surface area (Å²) in [5.41, 5.74) is 14.1. The van der Waals surface area contributed by atoms with Crippen LogP contribution in [0.3, 0.4) is 0 Å². The van der Waals surface area contributed by atoms with E-state index in [0.717, 1.165) is 39.0 Å². The Kier molecular flexibility index (Phi) is 7.31. The Labute approximate surface area is 339 Å². The van der Waals surface area contributed by atoms with Gasteiger partial charge in [0.05, 0.1) is 19.1 Å². The SMILES string of the molecule is [C-]#[N+]c1ccc2c(c1)C(C)(C)c1c3c(c4ccccc4c1-2)OC(c1ccc(OC)cc1)(c1ccc2c(c1)C(c1ccccc1)(c1ccccc1)c1ccccc1-2)C=C3. The summed E-state index contributed by atoms with van der Waals surface area (Å²) in [5, 5.41) is 2.21. The Bertz CT molecular complexity index is 3000. The van der Waals surface area contributed by atoms with Crippen LogP contribution in [0.15, 0.2) is 176 Å². The van der Waals surface area contributed by atoms with E-state index in [4.69, 9.17) is 16.0 Å². The van der Waals surface area contributed by atoms with Gasteiger partial charge in [0.25, 0.3) is 0 Å². The number of rotatable bonds is 5. The van der Waals surface area contributed by atoms with Gasteiger partial charge in [-0.2, -0.15) is 0 Å². The molecule has 3 heteroatoms. The molecule has 0 amide bonds. The molecule has 11 rings (SSSR count). The van der Waals surface area contributed by atoms with Crippen LogP contribution in [0, 0.1) is 6.57 Å². The minimum absolute atomic E-state index is 0.363. The van der Waals surface area contributed by atoms with Crippen molar-refractivity contribution in [2.24, 2.45) is 0 Å². The lowest BCUT2D eigenvalue weighted by Gasteiger charge is -2.39. The molecule has 0 saturated carbocycles. The summed E-state index contributed by atoms with van der Waals surface area (Å²) in [5.74, 6) is 1.65. The predicted molar refractivity (Wildman–Crippen MR) is 235 cm³/mol. The molecule has 8 aromatic carbocycles. The van der Waals surface area contributed by atoms with Gasteiger partial charge in [0.2, 0.25) is 0 Å². The van der Waals surface area contributed by atoms with Crippen molar-refractivity contribution < 1.29 is 9.47 Å². The number of ether oxygens (including phenoxy) is 2. The smallest absolute Gasteiger partial charge is 0.187 e. The molecule has 1 aliphatic heterocycles. The zero-order valence-electron chi connectivity index (χ0n) is 32.6. The number of fused-ring (bicyclic) bond motifs is 11. The molecule has 1 atom stereocenters. The van der Waals surface area contributed by atoms with Crippen LogP contribution in [0.4, 0.5) is 5.69 Å². The predicted octanol–water partition coefficient (Wildman–Crippen LogP) is 13.4. The van der Waals surface area contributed by atoms with Gasteiger partial charge in [0, 0.05) is 27.5 Å². The molecule has 3 aliphatic rings. The third-order valence-electron chi connectivity index (χ3n) is 13.1. The highest BCUT2D eigenvalue weighted by atomic mass is 16.5. The Morgan fingerprint density at radius 3 is 1.88 bits per heavy atom. The van der Waals surface area contributed by atoms with E-state index in [-0.39, 0.29) is 5.41 Å². The fourth-order valence-corrected chi connectivity index (χ4v) is 10.5. The van der Waals surface area contributed by atoms with Gasteiger partial charge in [-0.1, -0.05) is 172 Å². The third kappa shape index (κ3) is 4.49. The molecule has 0 N–H and O–H groups in total. The monoisotopic (exact) mass is 745 g/mol. The fraction of sp³-hybridized carbons (Fsp3) is 0.109. The molecule has 2 aliphatic carbocycles. The number of nitrogens with zero attached hydrogens (tertiary/aromatic N) is 1. The lowest BCUT2D eigenvalue weighted by Crippen LogP contribution is -2.36. The van der Waals surface area contributed by atoms with Crippen LogP contribution in [0.2, 0.25) is 0 Å². The molecule has 0 aromatic heterocycles. The van der Waals surface area contributed by atoms with Crippen molar-refractivity contribution in [2.75, 3.05) is 7.11 Å². The van der Waals surface area contributed by atoms with Crippen molar-refractivity contribution in [3.8, 4) is 33.8 Å². The Hall–Kier alpha value is -7.15. The molecule has 8 aromatic rings. The normalized spacial score (nSPS) is 17.3. The van der Waals surface area contributed by atoms with Crippen LogP contribution in [0.25, 0.3) is 43.9 Å². The average molecular weight is 746 g/mol. The molecule has 1 unspecified atom stereocenters. The van der Waals surface area contributed by atoms with E-state index in [1.807, 2.05) is 18.2 Å². The maximum atomic E-state index is 7.80. The van der Waals surface area contributed by atoms with Gasteiger partial charge in [0.1, 0.15) is 11.5 Å². The van der Waals surface area contributed by atoms with Crippen molar-refractivity contribution in [1.82, 2.24) is 0 Å². The van der Waals surface area contributed by atoms with Gasteiger partial charge in [-0.25, -0.2) is 4.85 Å². The third-order valence-corrected chi connectivity index (χ3v) is 13.1. The zero-order valence-corrected chi connectivity index (χ0v) is 32.6. The Morgan fingerprint density at radius 1 is 0.552 bits per heavy atom. The van der Waals surface area contributed by atoms with E-state index >= 15 is 0 Å². The molecule has 0 bridgehead atoms. The van der Waals surface area contributed by atoms with E-state index in [1.165, 1.54) is 55.6 Å². The second-order valence-corrected chi connectivity index (χ2v) is 16.2. The molecule has 1 heterocycles. The first kappa shape index (κ1) is 34.1. The first-order valence-electron chi connectivity index (χ1n) is 19.9. The summed E-state index contributed by atoms with van der Waals surface area (Å²) < 4.78 is 13.5. The lowest BCUT2D eigenvalue weighted by atomic mass is 9.67. The molecular weight excluding hydrogens is 707 g/mol. The molecular formula is C55H39NO2. The van der Waals surface area contributed by atoms with Crippen LogP contribution >= 0.6 is 0 Å². The van der Waals surface area contributed by atoms with Gasteiger partial charge in [-0.3, -0.25) is 0 Å². The summed E-state index contributed by atoms with van der Waals surface area (Å²) in [7, 11) is 1.70. The minimum Gasteiger partial charge on any atom is -0.497 e. The van der Waals surface area contributed by atoms with Crippen molar-refractivity contribution in [3.63, 3.8) is 0 Å². The van der Waals surface area contributed by atoms with Gasteiger partial charge < -0.3 is 9.47 Å². The lowest BCUT2D eigenvalue weighted by molar-refractivity contribution is 0.163. The summed E-state index contributed by atoms with van der Waals surface area (Å²) in [6, 6.07) is 60.9. The molecule has 0 radical (unpaired) electrons. The molecule has 0 saturated heterocycles. The topological polar surface area (TPSA) is 22.8 Å². The fourth-order valence-electron chi connectivity index (χ4n) is 10.5. The second-order valence-electron chi connectivity index (χ2n) is 16.2. The quantitative estimate of drug-likeness (QED) is 0.164. The Morgan fingerprint density at radius 2 is 1.17 bits per heavy atom. The summed E-state index contributed by atoms with van der Waals surface area (Å²) in [4.78, 5) is 3.81. The Balaban J connectivity index is 1.20. The standard InChI is InChI=1S/C55H39NO2/c1-53(2)48-34-39(56-3)26-30-45(48)50-43-20-11-12-21-44(43)52-46(51(50)53)31-32-54(58-52,35-23-27-40(57-4)28-24-35)38-25-29-42-41-19-13-14-22-47(41)55(49(42)33-38,36-15-7-5-8-16-36)37-17-9-6-10-18-37/h5-34H,1-2,4H3. The molecule has 276 valence electrons. The second kappa shape index (κ2) is 12.4. The van der Waals surface area contributed by atoms with Gasteiger partial charge in [0.15, 0.2) is 11.3 Å². The van der Waals surface area contributed by atoms with E-state index < -0.39 is 11.0 Å². The molecule has 0 spiro atoms. The maximum Gasteiger partial charge on any atom is 0.187 e. The highest BCUT2D eigenvalue weighted by molar-refractivity contribution is 6.08. The average Bonchev–Trinajstić information content (AvgIpc) is 3.72. The van der Waals surface area contributed by atoms with E-state index in [2.05, 4.69) is 183 Å². The van der Waals surface area contributed by atoms with Gasteiger partial charge >= 0.3 is 0 Å². The van der Waals surface area contributed by atoms with Crippen LogP contribution in [0.5, 0.6) is 11.5 Å². The highest BCUT2D eigenvalue weighted by Gasteiger charge is 2.49. The number of hydrogen-bond donors (Lipinski definition) is 0. The van der Waals surface area contributed by atoms with Crippen LogP contribution in [0.1, 0.15) is 63.9 Å². The van der Waals surface area contributed by atoms with E-state index in [9.17, 15) is 0 Å². The van der Waals surface area contributed by atoms with Crippen molar-refractivity contribution >= 4 is 22.5 Å². The largest absolute Gasteiger partial charge is 0.497 e. The summed E-state index contributed by atoms with van der Waals surface area (Å²) in [6.07, 6.45) is 4.58. The van der Waals surface area contributed by atoms with Crippen molar-refractivity contribution in [3.05, 3.63) is 237 Å². The number of hydrogen-bond acceptors (Lipinski definition) is 2. The molecule has 58 heavy (non-hydrogen) atoms. The minimum atomic E-state index is -0.994. The van der Waals surface area contributed by atoms with Crippen LogP contribution in [-0.4, -0.2) is 7.11 Å². The first-order valence-corrected chi connectivity index (χ1v) is 19.9. The van der Waals surface area contributed by atoms with Gasteiger partial charge in [-0.15, -0.1) is 0 Å². The summed E-state index contributed by atoms with van der Waals surface area (Å²) in [6.45, 7) is 12.4. The van der Waals surface area contributed by atoms with E-state index in [0.29, 0.717) is 5.69 Å². The van der Waals surface area contributed by atoms with Crippen LogP contribution in [-0.2, 0) is 16.4 Å². The number of methoxy groups -OCH3 is 1. The zero-order chi connectivity index (χ0) is 39.2. The maximum absolute atomic E-state index is 7.80. The van der Waals surface area contributed by atoms with Crippen molar-refractivity contribution in [1.29, 1.82) is 0 Å².